The van der Waals surface area contributed by atoms with Crippen LogP contribution < -0.4 is 0 Å². The van der Waals surface area contributed by atoms with Crippen molar-refractivity contribution in [1.29, 1.82) is 5.26 Å². The normalized spacial score (nSPS) is 9.75. The molecule has 0 aromatic carbocycles. The lowest BCUT2D eigenvalue weighted by molar-refractivity contribution is 0.913. The zero-order chi connectivity index (χ0) is 11.4. The minimum atomic E-state index is 0.365. The highest BCUT2D eigenvalue weighted by Gasteiger charge is 2.04. The molecule has 0 amide bonds. The Morgan fingerprint density at radius 3 is 2.94 bits per heavy atom. The summed E-state index contributed by atoms with van der Waals surface area (Å²) in [5, 5.41) is 10.1. The highest BCUT2D eigenvalue weighted by Crippen LogP contribution is 2.21. The van der Waals surface area contributed by atoms with Crippen LogP contribution >= 0.6 is 11.8 Å². The number of hydrogen-bond acceptors (Lipinski definition) is 6. The van der Waals surface area contributed by atoms with E-state index in [0.717, 1.165) is 10.7 Å². The predicted octanol–water partition coefficient (Wildman–Crippen LogP) is 1.60. The Kier molecular flexibility index (Phi) is 3.08. The van der Waals surface area contributed by atoms with Crippen molar-refractivity contribution < 1.29 is 0 Å². The van der Waals surface area contributed by atoms with E-state index in [1.165, 1.54) is 18.1 Å². The fourth-order valence-corrected chi connectivity index (χ4v) is 1.83. The monoisotopic (exact) mass is 229 g/mol. The van der Waals surface area contributed by atoms with Crippen LogP contribution in [0.1, 0.15) is 11.4 Å². The standard InChI is InChI=1S/C10H7N5S/c1-7-4-8(5-11)15-10(14-7)16-9-2-3-12-6-13-9/h2-4,6H,1H3. The molecule has 78 valence electrons. The van der Waals surface area contributed by atoms with Gasteiger partial charge < -0.3 is 0 Å². The summed E-state index contributed by atoms with van der Waals surface area (Å²) in [6.07, 6.45) is 3.11. The first kappa shape index (κ1) is 10.5. The first-order chi connectivity index (χ1) is 7.78. The van der Waals surface area contributed by atoms with Crippen LogP contribution in [0.2, 0.25) is 0 Å². The SMILES string of the molecule is Cc1cc(C#N)nc(Sc2ccncn2)n1. The maximum Gasteiger partial charge on any atom is 0.195 e. The van der Waals surface area contributed by atoms with Gasteiger partial charge in [-0.25, -0.2) is 19.9 Å². The van der Waals surface area contributed by atoms with Gasteiger partial charge in [-0.15, -0.1) is 0 Å². The Bertz CT molecular complexity index is 535. The van der Waals surface area contributed by atoms with Gasteiger partial charge in [-0.3, -0.25) is 0 Å². The molecule has 0 radical (unpaired) electrons. The third kappa shape index (κ3) is 2.52. The van der Waals surface area contributed by atoms with E-state index in [1.807, 2.05) is 13.0 Å². The molecule has 2 rings (SSSR count). The minimum Gasteiger partial charge on any atom is -0.245 e. The minimum absolute atomic E-state index is 0.365. The number of aryl methyl sites for hydroxylation is 1. The van der Waals surface area contributed by atoms with Gasteiger partial charge >= 0.3 is 0 Å². The summed E-state index contributed by atoms with van der Waals surface area (Å²) < 4.78 is 0. The molecule has 0 bridgehead atoms. The lowest BCUT2D eigenvalue weighted by Crippen LogP contribution is -1.93. The van der Waals surface area contributed by atoms with E-state index in [4.69, 9.17) is 5.26 Å². The summed E-state index contributed by atoms with van der Waals surface area (Å²) in [7, 11) is 0. The van der Waals surface area contributed by atoms with Crippen LogP contribution in [0, 0.1) is 18.3 Å². The lowest BCUT2D eigenvalue weighted by Gasteiger charge is -2.00. The van der Waals surface area contributed by atoms with Crippen LogP contribution in [0.4, 0.5) is 0 Å². The maximum absolute atomic E-state index is 8.78. The molecule has 16 heavy (non-hydrogen) atoms. The predicted molar refractivity (Wildman–Crippen MR) is 57.6 cm³/mol. The Labute approximate surface area is 96.6 Å². The number of nitriles is 1. The van der Waals surface area contributed by atoms with Crippen LogP contribution in [0.25, 0.3) is 0 Å². The number of rotatable bonds is 2. The molecule has 2 heterocycles. The van der Waals surface area contributed by atoms with Gasteiger partial charge in [0.25, 0.3) is 0 Å². The van der Waals surface area contributed by atoms with Crippen molar-refractivity contribution >= 4 is 11.8 Å². The summed E-state index contributed by atoms with van der Waals surface area (Å²) in [6.45, 7) is 1.83. The zero-order valence-corrected chi connectivity index (χ0v) is 9.27. The number of hydrogen-bond donors (Lipinski definition) is 0. The Morgan fingerprint density at radius 2 is 2.25 bits per heavy atom. The molecular weight excluding hydrogens is 222 g/mol. The van der Waals surface area contributed by atoms with E-state index in [0.29, 0.717) is 10.9 Å². The van der Waals surface area contributed by atoms with Gasteiger partial charge in [0.15, 0.2) is 5.16 Å². The second-order valence-corrected chi connectivity index (χ2v) is 3.93. The quantitative estimate of drug-likeness (QED) is 0.575. The maximum atomic E-state index is 8.78. The molecule has 2 aromatic heterocycles. The molecular formula is C10H7N5S. The summed E-state index contributed by atoms with van der Waals surface area (Å²) in [6, 6.07) is 5.41. The topological polar surface area (TPSA) is 75.3 Å². The molecule has 0 aliphatic rings. The first-order valence-electron chi connectivity index (χ1n) is 4.47. The van der Waals surface area contributed by atoms with Crippen molar-refractivity contribution in [2.45, 2.75) is 17.1 Å². The first-order valence-corrected chi connectivity index (χ1v) is 5.29. The molecule has 2 aromatic rings. The summed E-state index contributed by atoms with van der Waals surface area (Å²) in [5.74, 6) is 0. The van der Waals surface area contributed by atoms with Crippen molar-refractivity contribution in [2.75, 3.05) is 0 Å². The summed E-state index contributed by atoms with van der Waals surface area (Å²) in [5.41, 5.74) is 1.13. The Balaban J connectivity index is 2.29. The van der Waals surface area contributed by atoms with E-state index in [2.05, 4.69) is 19.9 Å². The molecule has 0 saturated carbocycles. The van der Waals surface area contributed by atoms with E-state index in [-0.39, 0.29) is 0 Å². The number of aromatic nitrogens is 4. The summed E-state index contributed by atoms with van der Waals surface area (Å²) >= 11 is 1.31. The number of nitrogens with zero attached hydrogens (tertiary/aromatic N) is 5. The molecule has 0 N–H and O–H groups in total. The van der Waals surface area contributed by atoms with Gasteiger partial charge in [0, 0.05) is 11.9 Å². The van der Waals surface area contributed by atoms with Gasteiger partial charge in [0.05, 0.1) is 0 Å². The fraction of sp³-hybridized carbons (Fsp3) is 0.100. The smallest absolute Gasteiger partial charge is 0.195 e. The van der Waals surface area contributed by atoms with Crippen LogP contribution in [-0.2, 0) is 0 Å². The van der Waals surface area contributed by atoms with Crippen LogP contribution in [0.3, 0.4) is 0 Å². The lowest BCUT2D eigenvalue weighted by atomic mass is 10.4. The zero-order valence-electron chi connectivity index (χ0n) is 8.45. The highest BCUT2D eigenvalue weighted by molar-refractivity contribution is 7.99. The Hall–Kier alpha value is -2.00. The molecule has 0 aliphatic heterocycles. The average molecular weight is 229 g/mol. The molecule has 6 heteroatoms. The molecule has 0 saturated heterocycles. The van der Waals surface area contributed by atoms with Crippen LogP contribution in [0.5, 0.6) is 0 Å². The van der Waals surface area contributed by atoms with Gasteiger partial charge in [0.2, 0.25) is 0 Å². The van der Waals surface area contributed by atoms with Crippen LogP contribution in [-0.4, -0.2) is 19.9 Å². The van der Waals surface area contributed by atoms with Gasteiger partial charge in [0.1, 0.15) is 23.1 Å². The van der Waals surface area contributed by atoms with Crippen molar-refractivity contribution in [2.24, 2.45) is 0 Å². The molecule has 0 aliphatic carbocycles. The largest absolute Gasteiger partial charge is 0.245 e. The van der Waals surface area contributed by atoms with Crippen LogP contribution in [0.15, 0.2) is 34.8 Å². The third-order valence-electron chi connectivity index (χ3n) is 1.70. The molecule has 0 spiro atoms. The summed E-state index contributed by atoms with van der Waals surface area (Å²) in [4.78, 5) is 16.2. The van der Waals surface area contributed by atoms with E-state index in [9.17, 15) is 0 Å². The van der Waals surface area contributed by atoms with Gasteiger partial charge in [-0.1, -0.05) is 0 Å². The van der Waals surface area contributed by atoms with Gasteiger partial charge in [-0.05, 0) is 30.8 Å². The third-order valence-corrected chi connectivity index (χ3v) is 2.51. The fourth-order valence-electron chi connectivity index (χ4n) is 1.08. The van der Waals surface area contributed by atoms with Gasteiger partial charge in [-0.2, -0.15) is 5.26 Å². The van der Waals surface area contributed by atoms with E-state index in [1.54, 1.807) is 18.3 Å². The van der Waals surface area contributed by atoms with Crippen molar-refractivity contribution in [3.63, 3.8) is 0 Å². The van der Waals surface area contributed by atoms with Crippen molar-refractivity contribution in [1.82, 2.24) is 19.9 Å². The molecule has 5 nitrogen and oxygen atoms in total. The second-order valence-electron chi connectivity index (χ2n) is 2.94. The Morgan fingerprint density at radius 1 is 1.38 bits per heavy atom. The van der Waals surface area contributed by atoms with E-state index >= 15 is 0 Å². The highest BCUT2D eigenvalue weighted by atomic mass is 32.2. The van der Waals surface area contributed by atoms with Crippen molar-refractivity contribution in [3.8, 4) is 6.07 Å². The van der Waals surface area contributed by atoms with E-state index < -0.39 is 0 Å². The second kappa shape index (κ2) is 4.68. The molecule has 0 fully saturated rings. The molecule has 0 unspecified atom stereocenters. The molecule has 0 atom stereocenters. The average Bonchev–Trinajstić information content (AvgIpc) is 2.29. The van der Waals surface area contributed by atoms with Crippen molar-refractivity contribution in [3.05, 3.63) is 36.0 Å².